The number of carbonyl (C=O) groups excluding carboxylic acids is 1. The SMILES string of the molecule is CCNc1cc(C)ccc1C(=O)N1CCS(=O)CC1. The minimum atomic E-state index is -0.756. The predicted molar refractivity (Wildman–Crippen MR) is 79.1 cm³/mol. The van der Waals surface area contributed by atoms with E-state index in [1.807, 2.05) is 32.0 Å². The number of hydrogen-bond donors (Lipinski definition) is 1. The van der Waals surface area contributed by atoms with Crippen LogP contribution in [0.5, 0.6) is 0 Å². The summed E-state index contributed by atoms with van der Waals surface area (Å²) in [5, 5.41) is 3.24. The van der Waals surface area contributed by atoms with Crippen molar-refractivity contribution < 1.29 is 9.00 Å². The molecule has 0 unspecified atom stereocenters. The van der Waals surface area contributed by atoms with E-state index in [1.165, 1.54) is 0 Å². The van der Waals surface area contributed by atoms with Gasteiger partial charge in [0.25, 0.3) is 5.91 Å². The van der Waals surface area contributed by atoms with Gasteiger partial charge in [0.2, 0.25) is 0 Å². The van der Waals surface area contributed by atoms with Crippen LogP contribution in [0.1, 0.15) is 22.8 Å². The van der Waals surface area contributed by atoms with Crippen LogP contribution in [0.3, 0.4) is 0 Å². The van der Waals surface area contributed by atoms with Gasteiger partial charge in [0, 0.05) is 47.6 Å². The molecule has 0 bridgehead atoms. The maximum atomic E-state index is 12.5. The fraction of sp³-hybridized carbons (Fsp3) is 0.500. The second-order valence-corrected chi connectivity index (χ2v) is 6.42. The molecule has 5 heteroatoms. The molecule has 1 heterocycles. The zero-order chi connectivity index (χ0) is 13.8. The summed E-state index contributed by atoms with van der Waals surface area (Å²) in [6.45, 7) is 5.99. The standard InChI is InChI=1S/C14H20N2O2S/c1-3-15-13-10-11(2)4-5-12(13)14(17)16-6-8-19(18)9-7-16/h4-5,10,15H,3,6-9H2,1-2H3. The molecule has 4 nitrogen and oxygen atoms in total. The third kappa shape index (κ3) is 3.35. The van der Waals surface area contributed by atoms with E-state index >= 15 is 0 Å². The first-order chi connectivity index (χ1) is 9.11. The molecule has 0 aromatic heterocycles. The van der Waals surface area contributed by atoms with Crippen molar-refractivity contribution >= 4 is 22.4 Å². The Morgan fingerprint density at radius 2 is 2.05 bits per heavy atom. The fourth-order valence-electron chi connectivity index (χ4n) is 2.19. The first-order valence-electron chi connectivity index (χ1n) is 6.60. The molecule has 1 amide bonds. The molecule has 1 fully saturated rings. The van der Waals surface area contributed by atoms with E-state index in [4.69, 9.17) is 0 Å². The van der Waals surface area contributed by atoms with Gasteiger partial charge in [0.1, 0.15) is 0 Å². The average molecular weight is 280 g/mol. The van der Waals surface area contributed by atoms with E-state index in [9.17, 15) is 9.00 Å². The van der Waals surface area contributed by atoms with Crippen LogP contribution >= 0.6 is 0 Å². The lowest BCUT2D eigenvalue weighted by atomic mass is 10.1. The van der Waals surface area contributed by atoms with E-state index < -0.39 is 10.8 Å². The lowest BCUT2D eigenvalue weighted by Crippen LogP contribution is -2.42. The third-order valence-electron chi connectivity index (χ3n) is 3.24. The Bertz CT molecular complexity index is 492. The van der Waals surface area contributed by atoms with E-state index in [0.29, 0.717) is 30.2 Å². The molecule has 1 aromatic rings. The summed E-state index contributed by atoms with van der Waals surface area (Å²) in [5.74, 6) is 1.22. The molecule has 0 spiro atoms. The Kier molecular flexibility index (Phi) is 4.58. The van der Waals surface area contributed by atoms with Gasteiger partial charge in [-0.25, -0.2) is 0 Å². The van der Waals surface area contributed by atoms with Crippen LogP contribution in [0, 0.1) is 6.92 Å². The van der Waals surface area contributed by atoms with Gasteiger partial charge in [-0.1, -0.05) is 6.07 Å². The van der Waals surface area contributed by atoms with Gasteiger partial charge in [0.05, 0.1) is 5.56 Å². The number of hydrogen-bond acceptors (Lipinski definition) is 3. The van der Waals surface area contributed by atoms with Gasteiger partial charge in [0.15, 0.2) is 0 Å². The number of anilines is 1. The second-order valence-electron chi connectivity index (χ2n) is 4.72. The molecular weight excluding hydrogens is 260 g/mol. The van der Waals surface area contributed by atoms with Crippen molar-refractivity contribution in [1.29, 1.82) is 0 Å². The Morgan fingerprint density at radius 3 is 2.68 bits per heavy atom. The summed E-state index contributed by atoms with van der Waals surface area (Å²) < 4.78 is 11.3. The topological polar surface area (TPSA) is 49.4 Å². The molecule has 0 aliphatic carbocycles. The lowest BCUT2D eigenvalue weighted by Gasteiger charge is -2.27. The van der Waals surface area contributed by atoms with E-state index in [-0.39, 0.29) is 5.91 Å². The number of rotatable bonds is 3. The molecule has 1 aliphatic rings. The van der Waals surface area contributed by atoms with Crippen LogP contribution in [0.25, 0.3) is 0 Å². The Morgan fingerprint density at radius 1 is 1.37 bits per heavy atom. The highest BCUT2D eigenvalue weighted by Crippen LogP contribution is 2.20. The maximum absolute atomic E-state index is 12.5. The molecule has 2 rings (SSSR count). The molecule has 1 N–H and O–H groups in total. The van der Waals surface area contributed by atoms with Crippen molar-refractivity contribution in [1.82, 2.24) is 4.90 Å². The molecule has 0 radical (unpaired) electrons. The summed E-state index contributed by atoms with van der Waals surface area (Å²) in [6.07, 6.45) is 0. The highest BCUT2D eigenvalue weighted by Gasteiger charge is 2.23. The quantitative estimate of drug-likeness (QED) is 0.915. The number of nitrogens with one attached hydrogen (secondary N) is 1. The van der Waals surface area contributed by atoms with E-state index in [2.05, 4.69) is 5.32 Å². The molecule has 1 aromatic carbocycles. The largest absolute Gasteiger partial charge is 0.385 e. The smallest absolute Gasteiger partial charge is 0.256 e. The zero-order valence-electron chi connectivity index (χ0n) is 11.4. The number of benzene rings is 1. The normalized spacial score (nSPS) is 16.4. The van der Waals surface area contributed by atoms with Gasteiger partial charge in [-0.15, -0.1) is 0 Å². The first kappa shape index (κ1) is 14.1. The predicted octanol–water partition coefficient (Wildman–Crippen LogP) is 1.63. The maximum Gasteiger partial charge on any atom is 0.256 e. The molecule has 1 aliphatic heterocycles. The Hall–Kier alpha value is -1.36. The van der Waals surface area contributed by atoms with Gasteiger partial charge in [-0.2, -0.15) is 0 Å². The number of aryl methyl sites for hydroxylation is 1. The summed E-state index contributed by atoms with van der Waals surface area (Å²) in [7, 11) is -0.756. The van der Waals surface area contributed by atoms with Crippen molar-refractivity contribution in [3.8, 4) is 0 Å². The van der Waals surface area contributed by atoms with Crippen molar-refractivity contribution in [2.24, 2.45) is 0 Å². The highest BCUT2D eigenvalue weighted by molar-refractivity contribution is 7.85. The molecule has 1 saturated heterocycles. The van der Waals surface area contributed by atoms with Crippen LogP contribution in [0.15, 0.2) is 18.2 Å². The molecule has 104 valence electrons. The highest BCUT2D eigenvalue weighted by atomic mass is 32.2. The fourth-order valence-corrected chi connectivity index (χ4v) is 3.24. The van der Waals surface area contributed by atoms with Crippen molar-refractivity contribution in [2.75, 3.05) is 36.5 Å². The van der Waals surface area contributed by atoms with Crippen molar-refractivity contribution in [3.05, 3.63) is 29.3 Å². The van der Waals surface area contributed by atoms with Crippen LogP contribution < -0.4 is 5.32 Å². The number of amides is 1. The van der Waals surface area contributed by atoms with E-state index in [0.717, 1.165) is 17.8 Å². The summed E-state index contributed by atoms with van der Waals surface area (Å²) >= 11 is 0. The van der Waals surface area contributed by atoms with Gasteiger partial charge in [-0.05, 0) is 31.5 Å². The number of nitrogens with zero attached hydrogens (tertiary/aromatic N) is 1. The Labute approximate surface area is 116 Å². The van der Waals surface area contributed by atoms with Crippen LogP contribution in [0.4, 0.5) is 5.69 Å². The lowest BCUT2D eigenvalue weighted by molar-refractivity contribution is 0.0772. The monoisotopic (exact) mass is 280 g/mol. The van der Waals surface area contributed by atoms with Gasteiger partial charge in [-0.3, -0.25) is 9.00 Å². The van der Waals surface area contributed by atoms with Crippen LogP contribution in [0.2, 0.25) is 0 Å². The first-order valence-corrected chi connectivity index (χ1v) is 8.09. The minimum Gasteiger partial charge on any atom is -0.385 e. The van der Waals surface area contributed by atoms with Crippen LogP contribution in [-0.4, -0.2) is 46.2 Å². The second kappa shape index (κ2) is 6.19. The van der Waals surface area contributed by atoms with E-state index in [1.54, 1.807) is 4.90 Å². The van der Waals surface area contributed by atoms with Crippen molar-refractivity contribution in [3.63, 3.8) is 0 Å². The summed E-state index contributed by atoms with van der Waals surface area (Å²) in [6, 6.07) is 5.83. The average Bonchev–Trinajstić information content (AvgIpc) is 2.39. The minimum absolute atomic E-state index is 0.0349. The number of carbonyl (C=O) groups is 1. The summed E-state index contributed by atoms with van der Waals surface area (Å²) in [4.78, 5) is 14.3. The molecule has 19 heavy (non-hydrogen) atoms. The van der Waals surface area contributed by atoms with Gasteiger partial charge < -0.3 is 10.2 Å². The molecule has 0 saturated carbocycles. The summed E-state index contributed by atoms with van der Waals surface area (Å²) in [5.41, 5.74) is 2.73. The Balaban J connectivity index is 2.20. The zero-order valence-corrected chi connectivity index (χ0v) is 12.3. The van der Waals surface area contributed by atoms with Gasteiger partial charge >= 0.3 is 0 Å². The molecular formula is C14H20N2O2S. The van der Waals surface area contributed by atoms with Crippen molar-refractivity contribution in [2.45, 2.75) is 13.8 Å². The molecule has 0 atom stereocenters. The third-order valence-corrected chi connectivity index (χ3v) is 4.51. The van der Waals surface area contributed by atoms with Crippen LogP contribution in [-0.2, 0) is 10.8 Å².